The second-order valence-corrected chi connectivity index (χ2v) is 7.10. The van der Waals surface area contributed by atoms with Gasteiger partial charge in [0.05, 0.1) is 5.56 Å². The van der Waals surface area contributed by atoms with Crippen molar-refractivity contribution in [1.29, 1.82) is 0 Å². The van der Waals surface area contributed by atoms with Crippen LogP contribution < -0.4 is 5.32 Å². The molecular weight excluding hydrogens is 350 g/mol. The normalized spacial score (nSPS) is 19.2. The van der Waals surface area contributed by atoms with E-state index in [0.29, 0.717) is 11.4 Å². The van der Waals surface area contributed by atoms with Crippen molar-refractivity contribution in [2.75, 3.05) is 26.2 Å². The minimum Gasteiger partial charge on any atom is -0.339 e. The van der Waals surface area contributed by atoms with E-state index in [9.17, 15) is 4.79 Å². The summed E-state index contributed by atoms with van der Waals surface area (Å²) in [6, 6.07) is 7.65. The maximum absolute atomic E-state index is 13.1. The number of rotatable bonds is 3. The van der Waals surface area contributed by atoms with Crippen LogP contribution in [0.5, 0.6) is 0 Å². The molecule has 26 heavy (non-hydrogen) atoms. The van der Waals surface area contributed by atoms with Gasteiger partial charge < -0.3 is 10.2 Å². The van der Waals surface area contributed by atoms with Crippen LogP contribution in [0.3, 0.4) is 0 Å². The number of carbonyl (C=O) groups excluding carboxylic acids is 1. The van der Waals surface area contributed by atoms with Crippen LogP contribution in [0.4, 0.5) is 0 Å². The highest BCUT2D eigenvalue weighted by Crippen LogP contribution is 2.32. The molecule has 1 aromatic carbocycles. The van der Waals surface area contributed by atoms with Crippen LogP contribution in [0.2, 0.25) is 0 Å². The lowest BCUT2D eigenvalue weighted by Crippen LogP contribution is -2.42. The quantitative estimate of drug-likeness (QED) is 0.865. The lowest BCUT2D eigenvalue weighted by atomic mass is 9.79. The Morgan fingerprint density at radius 1 is 1.04 bits per heavy atom. The summed E-state index contributed by atoms with van der Waals surface area (Å²) in [6.07, 6.45) is 6.29. The van der Waals surface area contributed by atoms with Crippen molar-refractivity contribution >= 4 is 18.3 Å². The average Bonchev–Trinajstić information content (AvgIpc) is 3.23. The molecule has 6 nitrogen and oxygen atoms in total. The van der Waals surface area contributed by atoms with Gasteiger partial charge in [-0.3, -0.25) is 9.89 Å². The van der Waals surface area contributed by atoms with Crippen molar-refractivity contribution in [2.24, 2.45) is 11.8 Å². The Kier molecular flexibility index (Phi) is 6.27. The summed E-state index contributed by atoms with van der Waals surface area (Å²) in [5, 5.41) is 10.2. The van der Waals surface area contributed by atoms with E-state index in [4.69, 9.17) is 0 Å². The van der Waals surface area contributed by atoms with Gasteiger partial charge in [-0.25, -0.2) is 4.98 Å². The number of aromatic nitrogens is 3. The fourth-order valence-electron chi connectivity index (χ4n) is 4.27. The van der Waals surface area contributed by atoms with Gasteiger partial charge in [-0.05, 0) is 56.7 Å². The Morgan fingerprint density at radius 2 is 1.73 bits per heavy atom. The maximum Gasteiger partial charge on any atom is 0.254 e. The Balaban J connectivity index is 0.00000196. The number of hydrogen-bond acceptors (Lipinski definition) is 4. The summed E-state index contributed by atoms with van der Waals surface area (Å²) in [5.74, 6) is 2.36. The van der Waals surface area contributed by atoms with Crippen molar-refractivity contribution in [1.82, 2.24) is 25.4 Å². The highest BCUT2D eigenvalue weighted by molar-refractivity contribution is 6.00. The Labute approximate surface area is 160 Å². The molecule has 2 aliphatic heterocycles. The second-order valence-electron chi connectivity index (χ2n) is 7.10. The number of hydrogen-bond donors (Lipinski definition) is 2. The van der Waals surface area contributed by atoms with Crippen LogP contribution in [-0.4, -0.2) is 52.2 Å². The van der Waals surface area contributed by atoms with E-state index in [2.05, 4.69) is 20.5 Å². The van der Waals surface area contributed by atoms with E-state index in [0.717, 1.165) is 56.4 Å². The van der Waals surface area contributed by atoms with Gasteiger partial charge in [0.25, 0.3) is 5.91 Å². The first kappa shape index (κ1) is 18.9. The van der Waals surface area contributed by atoms with Crippen molar-refractivity contribution in [3.8, 4) is 11.4 Å². The summed E-state index contributed by atoms with van der Waals surface area (Å²) in [5.41, 5.74) is 1.53. The molecule has 1 amide bonds. The van der Waals surface area contributed by atoms with Crippen molar-refractivity contribution in [3.05, 3.63) is 36.2 Å². The largest absolute Gasteiger partial charge is 0.339 e. The molecule has 2 fully saturated rings. The summed E-state index contributed by atoms with van der Waals surface area (Å²) in [4.78, 5) is 19.3. The molecule has 0 unspecified atom stereocenters. The summed E-state index contributed by atoms with van der Waals surface area (Å²) >= 11 is 0. The van der Waals surface area contributed by atoms with Crippen LogP contribution >= 0.6 is 12.4 Å². The lowest BCUT2D eigenvalue weighted by molar-refractivity contribution is 0.0643. The first-order valence-electron chi connectivity index (χ1n) is 9.27. The van der Waals surface area contributed by atoms with Crippen molar-refractivity contribution in [2.45, 2.75) is 25.7 Å². The molecule has 1 aromatic heterocycles. The van der Waals surface area contributed by atoms with Gasteiger partial charge >= 0.3 is 0 Å². The van der Waals surface area contributed by atoms with Crippen LogP contribution in [0.25, 0.3) is 11.4 Å². The van der Waals surface area contributed by atoms with E-state index < -0.39 is 0 Å². The third-order valence-corrected chi connectivity index (χ3v) is 5.70. The molecule has 0 bridgehead atoms. The Bertz CT molecular complexity index is 706. The van der Waals surface area contributed by atoms with E-state index >= 15 is 0 Å². The molecule has 4 rings (SSSR count). The van der Waals surface area contributed by atoms with E-state index in [1.165, 1.54) is 19.2 Å². The lowest BCUT2D eigenvalue weighted by Gasteiger charge is -2.38. The smallest absolute Gasteiger partial charge is 0.254 e. The summed E-state index contributed by atoms with van der Waals surface area (Å²) in [7, 11) is 0. The minimum atomic E-state index is 0. The molecule has 7 heteroatoms. The molecule has 140 valence electrons. The Hall–Kier alpha value is -1.92. The standard InChI is InChI=1S/C19H25N5O.ClH/c25-19(17-4-2-1-3-16(17)18-21-13-22-23-18)24-11-7-15(8-12-24)14-5-9-20-10-6-14;/h1-4,13-15,20H,5-12H2,(H,21,22,23);1H. The molecule has 0 atom stereocenters. The monoisotopic (exact) mass is 375 g/mol. The minimum absolute atomic E-state index is 0. The molecular formula is C19H26ClN5O. The number of amides is 1. The summed E-state index contributed by atoms with van der Waals surface area (Å²) < 4.78 is 0. The van der Waals surface area contributed by atoms with Gasteiger partial charge in [0.1, 0.15) is 6.33 Å². The van der Waals surface area contributed by atoms with Crippen molar-refractivity contribution < 1.29 is 4.79 Å². The number of nitrogens with zero attached hydrogens (tertiary/aromatic N) is 3. The number of benzene rings is 1. The number of nitrogens with one attached hydrogen (secondary N) is 2. The molecule has 3 heterocycles. The molecule has 0 spiro atoms. The Morgan fingerprint density at radius 3 is 2.42 bits per heavy atom. The number of piperidine rings is 2. The van der Waals surface area contributed by atoms with Crippen LogP contribution in [-0.2, 0) is 0 Å². The zero-order chi connectivity index (χ0) is 17.1. The second kappa shape index (κ2) is 8.64. The fraction of sp³-hybridized carbons (Fsp3) is 0.526. The number of aromatic amines is 1. The topological polar surface area (TPSA) is 73.9 Å². The highest BCUT2D eigenvalue weighted by atomic mass is 35.5. The van der Waals surface area contributed by atoms with Gasteiger partial charge in [-0.1, -0.05) is 18.2 Å². The highest BCUT2D eigenvalue weighted by Gasteiger charge is 2.30. The average molecular weight is 376 g/mol. The predicted molar refractivity (Wildman–Crippen MR) is 103 cm³/mol. The summed E-state index contributed by atoms with van der Waals surface area (Å²) in [6.45, 7) is 4.01. The third kappa shape index (κ3) is 3.91. The fourth-order valence-corrected chi connectivity index (χ4v) is 4.27. The zero-order valence-corrected chi connectivity index (χ0v) is 15.7. The SMILES string of the molecule is Cl.O=C(c1ccccc1-c1ncn[nH]1)N1CCC(C2CCNCC2)CC1. The van der Waals surface area contributed by atoms with E-state index in [-0.39, 0.29) is 18.3 Å². The molecule has 2 saturated heterocycles. The zero-order valence-electron chi connectivity index (χ0n) is 14.9. The van der Waals surface area contributed by atoms with E-state index in [1.807, 2.05) is 29.2 Å². The third-order valence-electron chi connectivity index (χ3n) is 5.70. The van der Waals surface area contributed by atoms with Gasteiger partial charge in [-0.2, -0.15) is 5.10 Å². The first-order valence-corrected chi connectivity index (χ1v) is 9.27. The predicted octanol–water partition coefficient (Wildman–Crippen LogP) is 2.75. The van der Waals surface area contributed by atoms with Gasteiger partial charge in [0, 0.05) is 18.7 Å². The molecule has 0 saturated carbocycles. The molecule has 0 radical (unpaired) electrons. The molecule has 2 aromatic rings. The van der Waals surface area contributed by atoms with Crippen LogP contribution in [0.1, 0.15) is 36.0 Å². The maximum atomic E-state index is 13.1. The molecule has 2 aliphatic rings. The van der Waals surface area contributed by atoms with Crippen LogP contribution in [0.15, 0.2) is 30.6 Å². The number of H-pyrrole nitrogens is 1. The molecule has 0 aliphatic carbocycles. The van der Waals surface area contributed by atoms with Gasteiger partial charge in [0.2, 0.25) is 0 Å². The molecule has 2 N–H and O–H groups in total. The van der Waals surface area contributed by atoms with E-state index in [1.54, 1.807) is 0 Å². The first-order chi connectivity index (χ1) is 12.3. The number of likely N-dealkylation sites (tertiary alicyclic amines) is 1. The van der Waals surface area contributed by atoms with Crippen molar-refractivity contribution in [3.63, 3.8) is 0 Å². The van der Waals surface area contributed by atoms with Crippen LogP contribution in [0, 0.1) is 11.8 Å². The van der Waals surface area contributed by atoms with Gasteiger partial charge in [-0.15, -0.1) is 12.4 Å². The van der Waals surface area contributed by atoms with Gasteiger partial charge in [0.15, 0.2) is 5.82 Å². The number of halogens is 1. The number of carbonyl (C=O) groups is 1.